The lowest BCUT2D eigenvalue weighted by atomic mass is 10.0. The smallest absolute Gasteiger partial charge is 0.223 e. The van der Waals surface area contributed by atoms with Crippen LogP contribution in [0, 0.1) is 23.7 Å². The highest BCUT2D eigenvalue weighted by molar-refractivity contribution is 7.81. The van der Waals surface area contributed by atoms with Crippen molar-refractivity contribution in [2.45, 2.75) is 52.0 Å². The van der Waals surface area contributed by atoms with Gasteiger partial charge in [0, 0.05) is 11.5 Å². The Balaban J connectivity index is 1.95. The predicted octanol–water partition coefficient (Wildman–Crippen LogP) is 4.13. The minimum atomic E-state index is 0.0122. The van der Waals surface area contributed by atoms with E-state index < -0.39 is 0 Å². The first kappa shape index (κ1) is 17.7. The van der Waals surface area contributed by atoms with Crippen LogP contribution in [0.5, 0.6) is 0 Å². The molecule has 0 aromatic rings. The first-order valence-corrected chi connectivity index (χ1v) is 8.81. The monoisotopic (exact) mass is 327 g/mol. The summed E-state index contributed by atoms with van der Waals surface area (Å²) in [6.07, 6.45) is 10.7. The minimum Gasteiger partial charge on any atom is -0.349 e. The summed E-state index contributed by atoms with van der Waals surface area (Å²) in [6, 6.07) is 0.0122. The van der Waals surface area contributed by atoms with E-state index in [-0.39, 0.29) is 17.9 Å². The number of hydrogen-bond donors (Lipinski definition) is 1. The van der Waals surface area contributed by atoms with Crippen molar-refractivity contribution in [3.8, 4) is 11.8 Å². The van der Waals surface area contributed by atoms with Crippen molar-refractivity contribution in [3.05, 3.63) is 36.0 Å². The Morgan fingerprint density at radius 2 is 2.26 bits per heavy atom. The molecule has 2 nitrogen and oxygen atoms in total. The van der Waals surface area contributed by atoms with Crippen molar-refractivity contribution in [3.63, 3.8) is 0 Å². The van der Waals surface area contributed by atoms with Crippen LogP contribution < -0.4 is 5.32 Å². The third-order valence-electron chi connectivity index (χ3n) is 4.20. The maximum atomic E-state index is 11.9. The Hall–Kier alpha value is -1.66. The minimum absolute atomic E-state index is 0.0122. The number of nitrogens with one attached hydrogen (secondary N) is 1. The summed E-state index contributed by atoms with van der Waals surface area (Å²) in [5.74, 6) is 7.19. The molecule has 0 radical (unpaired) electrons. The van der Waals surface area contributed by atoms with Crippen molar-refractivity contribution >= 4 is 23.0 Å². The number of amides is 1. The topological polar surface area (TPSA) is 29.1 Å². The van der Waals surface area contributed by atoms with E-state index in [1.165, 1.54) is 0 Å². The molecular formula is C20H25NOS. The molecule has 2 aliphatic carbocycles. The van der Waals surface area contributed by atoms with E-state index in [1.807, 2.05) is 18.2 Å². The van der Waals surface area contributed by atoms with E-state index in [0.717, 1.165) is 48.1 Å². The van der Waals surface area contributed by atoms with Gasteiger partial charge in [-0.25, -0.2) is 0 Å². The van der Waals surface area contributed by atoms with Gasteiger partial charge in [-0.1, -0.05) is 62.6 Å². The van der Waals surface area contributed by atoms with Gasteiger partial charge in [0.15, 0.2) is 0 Å². The molecule has 0 heterocycles. The molecule has 0 bridgehead atoms. The van der Waals surface area contributed by atoms with Crippen LogP contribution in [0.15, 0.2) is 36.0 Å². The van der Waals surface area contributed by atoms with Crippen molar-refractivity contribution < 1.29 is 4.79 Å². The quantitative estimate of drug-likeness (QED) is 0.607. The molecule has 1 amide bonds. The largest absolute Gasteiger partial charge is 0.349 e. The van der Waals surface area contributed by atoms with Crippen molar-refractivity contribution in [1.82, 2.24) is 5.32 Å². The molecule has 1 N–H and O–H groups in total. The van der Waals surface area contributed by atoms with Crippen molar-refractivity contribution in [2.24, 2.45) is 11.8 Å². The first-order chi connectivity index (χ1) is 11.0. The third-order valence-corrected chi connectivity index (χ3v) is 4.47. The van der Waals surface area contributed by atoms with Crippen LogP contribution in [0.25, 0.3) is 0 Å². The summed E-state index contributed by atoms with van der Waals surface area (Å²) in [5.41, 5.74) is 1.89. The first-order valence-electron chi connectivity index (χ1n) is 8.40. The molecule has 1 saturated carbocycles. The van der Waals surface area contributed by atoms with E-state index in [0.29, 0.717) is 5.92 Å². The SMILES string of the molecule is C=C1C=C(C#CC(=S)CC(C)CC)C=CC(NC(=O)C2CC2)C1. The Kier molecular flexibility index (Phi) is 6.36. The second-order valence-electron chi connectivity index (χ2n) is 6.60. The van der Waals surface area contributed by atoms with E-state index in [1.54, 1.807) is 0 Å². The molecule has 0 aliphatic heterocycles. The van der Waals surface area contributed by atoms with Crippen LogP contribution in [-0.4, -0.2) is 16.8 Å². The highest BCUT2D eigenvalue weighted by Crippen LogP contribution is 2.29. The molecule has 0 aromatic heterocycles. The molecule has 2 atom stereocenters. The zero-order valence-electron chi connectivity index (χ0n) is 14.0. The summed E-state index contributed by atoms with van der Waals surface area (Å²) in [7, 11) is 0. The number of hydrogen-bond acceptors (Lipinski definition) is 2. The fourth-order valence-electron chi connectivity index (χ4n) is 2.37. The van der Waals surface area contributed by atoms with Crippen LogP contribution in [0.2, 0.25) is 0 Å². The van der Waals surface area contributed by atoms with E-state index >= 15 is 0 Å². The molecule has 0 saturated heterocycles. The second-order valence-corrected chi connectivity index (χ2v) is 7.09. The lowest BCUT2D eigenvalue weighted by Crippen LogP contribution is -2.34. The summed E-state index contributed by atoms with van der Waals surface area (Å²) in [6.45, 7) is 8.42. The summed E-state index contributed by atoms with van der Waals surface area (Å²) >= 11 is 5.34. The Morgan fingerprint density at radius 1 is 1.52 bits per heavy atom. The Morgan fingerprint density at radius 3 is 2.91 bits per heavy atom. The third kappa shape index (κ3) is 6.15. The average molecular weight is 327 g/mol. The molecule has 3 heteroatoms. The summed E-state index contributed by atoms with van der Waals surface area (Å²) < 4.78 is 0. The number of carbonyl (C=O) groups is 1. The fraction of sp³-hybridized carbons (Fsp3) is 0.500. The van der Waals surface area contributed by atoms with Gasteiger partial charge in [-0.3, -0.25) is 4.79 Å². The average Bonchev–Trinajstić information content (AvgIpc) is 3.33. The van der Waals surface area contributed by atoms with Gasteiger partial charge >= 0.3 is 0 Å². The standard InChI is InChI=1S/C20H25NOS/c1-4-14(2)13-19(23)10-6-16-5-9-18(12-15(3)11-16)21-20(22)17-7-8-17/h5,9,11,14,17-18H,3-4,7-8,12-13H2,1-2H3,(H,21,22). The van der Waals surface area contributed by atoms with Gasteiger partial charge in [-0.15, -0.1) is 0 Å². The Bertz CT molecular complexity index is 613. The van der Waals surface area contributed by atoms with E-state index in [2.05, 4.69) is 37.6 Å². The van der Waals surface area contributed by atoms with E-state index in [4.69, 9.17) is 12.2 Å². The molecule has 2 aliphatic rings. The summed E-state index contributed by atoms with van der Waals surface area (Å²) in [5, 5.41) is 3.08. The fourth-order valence-corrected chi connectivity index (χ4v) is 2.71. The maximum absolute atomic E-state index is 11.9. The molecule has 0 spiro atoms. The number of carbonyl (C=O) groups excluding carboxylic acids is 1. The van der Waals surface area contributed by atoms with Gasteiger partial charge in [-0.05, 0) is 43.8 Å². The number of thiocarbonyl (C=S) groups is 1. The molecule has 1 fully saturated rings. The molecule has 2 unspecified atom stereocenters. The highest BCUT2D eigenvalue weighted by Gasteiger charge is 2.30. The lowest BCUT2D eigenvalue weighted by molar-refractivity contribution is -0.122. The van der Waals surface area contributed by atoms with Crippen LogP contribution in [0.4, 0.5) is 0 Å². The van der Waals surface area contributed by atoms with Crippen LogP contribution in [-0.2, 0) is 4.79 Å². The maximum Gasteiger partial charge on any atom is 0.223 e. The van der Waals surface area contributed by atoms with Crippen molar-refractivity contribution in [1.29, 1.82) is 0 Å². The van der Waals surface area contributed by atoms with Gasteiger partial charge in [0.1, 0.15) is 0 Å². The summed E-state index contributed by atoms with van der Waals surface area (Å²) in [4.78, 5) is 12.7. The zero-order valence-corrected chi connectivity index (χ0v) is 14.8. The highest BCUT2D eigenvalue weighted by atomic mass is 32.1. The van der Waals surface area contributed by atoms with Crippen LogP contribution in [0.1, 0.15) is 46.0 Å². The van der Waals surface area contributed by atoms with Crippen molar-refractivity contribution in [2.75, 3.05) is 0 Å². The normalized spacial score (nSPS) is 21.6. The molecule has 2 rings (SSSR count). The van der Waals surface area contributed by atoms with Crippen LogP contribution in [0.3, 0.4) is 0 Å². The van der Waals surface area contributed by atoms with Crippen LogP contribution >= 0.6 is 12.2 Å². The Labute approximate surface area is 145 Å². The van der Waals surface area contributed by atoms with Gasteiger partial charge < -0.3 is 5.32 Å². The van der Waals surface area contributed by atoms with Gasteiger partial charge in [0.25, 0.3) is 0 Å². The lowest BCUT2D eigenvalue weighted by Gasteiger charge is -2.13. The second kappa shape index (κ2) is 8.26. The molecule has 23 heavy (non-hydrogen) atoms. The van der Waals surface area contributed by atoms with Gasteiger partial charge in [0.05, 0.1) is 10.9 Å². The van der Waals surface area contributed by atoms with Gasteiger partial charge in [-0.2, -0.15) is 0 Å². The molecular weight excluding hydrogens is 302 g/mol. The predicted molar refractivity (Wildman–Crippen MR) is 100 cm³/mol. The van der Waals surface area contributed by atoms with E-state index in [9.17, 15) is 4.79 Å². The number of allylic oxidation sites excluding steroid dienone is 3. The van der Waals surface area contributed by atoms with Gasteiger partial charge in [0.2, 0.25) is 5.91 Å². The zero-order chi connectivity index (χ0) is 16.8. The molecule has 0 aromatic carbocycles. The number of rotatable bonds is 5. The molecule has 122 valence electrons.